The second-order valence-corrected chi connectivity index (χ2v) is 4.87. The van der Waals surface area contributed by atoms with Crippen LogP contribution in [0.2, 0.25) is 0 Å². The Morgan fingerprint density at radius 2 is 1.76 bits per heavy atom. The first-order valence-electron chi connectivity index (χ1n) is 6.52. The Morgan fingerprint density at radius 1 is 1.05 bits per heavy atom. The zero-order valence-electron chi connectivity index (χ0n) is 12.0. The molecule has 3 aromatic rings. The lowest BCUT2D eigenvalue weighted by atomic mass is 10.1. The van der Waals surface area contributed by atoms with Crippen molar-refractivity contribution < 1.29 is 9.32 Å². The Labute approximate surface area is 121 Å². The second kappa shape index (κ2) is 4.97. The summed E-state index contributed by atoms with van der Waals surface area (Å²) in [6, 6.07) is 6.88. The van der Waals surface area contributed by atoms with E-state index in [1.165, 1.54) is 0 Å². The van der Waals surface area contributed by atoms with Crippen LogP contribution in [0.4, 0.5) is 5.82 Å². The van der Waals surface area contributed by atoms with Gasteiger partial charge >= 0.3 is 0 Å². The minimum absolute atomic E-state index is 0.259. The van der Waals surface area contributed by atoms with Crippen molar-refractivity contribution >= 4 is 22.8 Å². The molecule has 6 nitrogen and oxygen atoms in total. The number of carbonyl (C=O) groups excluding carboxylic acids is 1. The number of aryl methyl sites for hydroxylation is 3. The van der Waals surface area contributed by atoms with Crippen molar-refractivity contribution in [3.8, 4) is 0 Å². The molecule has 0 saturated heterocycles. The largest absolute Gasteiger partial charge is 0.360 e. The van der Waals surface area contributed by atoms with E-state index >= 15 is 0 Å². The van der Waals surface area contributed by atoms with E-state index in [1.54, 1.807) is 31.2 Å². The number of carbonyl (C=O) groups is 1. The third kappa shape index (κ3) is 2.60. The van der Waals surface area contributed by atoms with Gasteiger partial charge in [-0.1, -0.05) is 5.16 Å². The average molecular weight is 282 g/mol. The first-order valence-corrected chi connectivity index (χ1v) is 6.52. The maximum absolute atomic E-state index is 12.2. The molecule has 6 heteroatoms. The van der Waals surface area contributed by atoms with E-state index in [9.17, 15) is 4.79 Å². The summed E-state index contributed by atoms with van der Waals surface area (Å²) >= 11 is 0. The molecule has 2 heterocycles. The highest BCUT2D eigenvalue weighted by Gasteiger charge is 2.11. The summed E-state index contributed by atoms with van der Waals surface area (Å²) in [5.74, 6) is 0.773. The van der Waals surface area contributed by atoms with Crippen molar-refractivity contribution in [1.82, 2.24) is 15.1 Å². The van der Waals surface area contributed by atoms with E-state index < -0.39 is 0 Å². The Kier molecular flexibility index (Phi) is 3.13. The highest BCUT2D eigenvalue weighted by atomic mass is 16.5. The number of hydrogen-bond donors (Lipinski definition) is 1. The second-order valence-electron chi connectivity index (χ2n) is 4.87. The summed E-state index contributed by atoms with van der Waals surface area (Å²) in [5.41, 5.74) is 3.71. The van der Waals surface area contributed by atoms with Crippen molar-refractivity contribution in [2.45, 2.75) is 20.8 Å². The van der Waals surface area contributed by atoms with Crippen LogP contribution in [0.1, 0.15) is 27.5 Å². The summed E-state index contributed by atoms with van der Waals surface area (Å²) in [6.45, 7) is 5.57. The third-order valence-electron chi connectivity index (χ3n) is 3.21. The molecule has 0 spiro atoms. The number of hydrogen-bond acceptors (Lipinski definition) is 5. The van der Waals surface area contributed by atoms with Crippen LogP contribution < -0.4 is 5.32 Å². The molecule has 0 radical (unpaired) electrons. The molecule has 1 aromatic carbocycles. The molecule has 106 valence electrons. The van der Waals surface area contributed by atoms with Crippen molar-refractivity contribution in [1.29, 1.82) is 0 Å². The molecule has 0 unspecified atom stereocenters. The lowest BCUT2D eigenvalue weighted by molar-refractivity contribution is 0.102. The number of rotatable bonds is 2. The number of fused-ring (bicyclic) bond motifs is 1. The smallest absolute Gasteiger partial charge is 0.256 e. The van der Waals surface area contributed by atoms with E-state index in [0.29, 0.717) is 22.7 Å². The van der Waals surface area contributed by atoms with Crippen LogP contribution in [0.5, 0.6) is 0 Å². The van der Waals surface area contributed by atoms with Gasteiger partial charge in [-0.25, -0.2) is 9.97 Å². The van der Waals surface area contributed by atoms with Crippen molar-refractivity contribution in [3.05, 3.63) is 47.0 Å². The van der Waals surface area contributed by atoms with Gasteiger partial charge in [0, 0.05) is 11.6 Å². The standard InChI is InChI=1S/C15H14N4O2/c1-8-6-14(19-21-8)18-15(20)11-4-5-12-13(7-11)17-10(3)9(2)16-12/h4-7H,1-3H3,(H,18,19,20). The van der Waals surface area contributed by atoms with Gasteiger partial charge in [0.05, 0.1) is 22.4 Å². The van der Waals surface area contributed by atoms with Crippen LogP contribution in [0.15, 0.2) is 28.8 Å². The van der Waals surface area contributed by atoms with Gasteiger partial charge in [-0.05, 0) is 39.0 Å². The summed E-state index contributed by atoms with van der Waals surface area (Å²) in [7, 11) is 0. The van der Waals surface area contributed by atoms with Gasteiger partial charge in [0.15, 0.2) is 5.82 Å². The van der Waals surface area contributed by atoms with Crippen molar-refractivity contribution in [3.63, 3.8) is 0 Å². The molecule has 3 rings (SSSR count). The number of nitrogens with zero attached hydrogens (tertiary/aromatic N) is 3. The van der Waals surface area contributed by atoms with E-state index in [2.05, 4.69) is 20.4 Å². The lowest BCUT2D eigenvalue weighted by Crippen LogP contribution is -2.12. The topological polar surface area (TPSA) is 80.9 Å². The quantitative estimate of drug-likeness (QED) is 0.781. The summed E-state index contributed by atoms with van der Waals surface area (Å²) in [5, 5.41) is 6.41. The molecular formula is C15H14N4O2. The van der Waals surface area contributed by atoms with Crippen LogP contribution in [-0.4, -0.2) is 21.0 Å². The summed E-state index contributed by atoms with van der Waals surface area (Å²) < 4.78 is 4.91. The van der Waals surface area contributed by atoms with Gasteiger partial charge in [0.2, 0.25) is 0 Å². The molecule has 0 aliphatic carbocycles. The van der Waals surface area contributed by atoms with Crippen molar-refractivity contribution in [2.24, 2.45) is 0 Å². The van der Waals surface area contributed by atoms with Crippen LogP contribution in [0.25, 0.3) is 11.0 Å². The average Bonchev–Trinajstić information content (AvgIpc) is 2.85. The summed E-state index contributed by atoms with van der Waals surface area (Å²) in [6.07, 6.45) is 0. The molecular weight excluding hydrogens is 268 g/mol. The number of aromatic nitrogens is 3. The van der Waals surface area contributed by atoms with Gasteiger partial charge in [0.1, 0.15) is 5.76 Å². The fourth-order valence-corrected chi connectivity index (χ4v) is 1.99. The maximum Gasteiger partial charge on any atom is 0.256 e. The minimum atomic E-state index is -0.259. The molecule has 0 atom stereocenters. The summed E-state index contributed by atoms with van der Waals surface area (Å²) in [4.78, 5) is 21.1. The predicted octanol–water partition coefficient (Wildman–Crippen LogP) is 2.80. The SMILES string of the molecule is Cc1cc(NC(=O)c2ccc3nc(C)c(C)nc3c2)no1. The highest BCUT2D eigenvalue weighted by Crippen LogP contribution is 2.16. The molecule has 0 saturated carbocycles. The lowest BCUT2D eigenvalue weighted by Gasteiger charge is -2.05. The molecule has 1 amide bonds. The van der Waals surface area contributed by atoms with Gasteiger partial charge < -0.3 is 9.84 Å². The van der Waals surface area contributed by atoms with E-state index in [0.717, 1.165) is 16.9 Å². The molecule has 0 aliphatic rings. The monoisotopic (exact) mass is 282 g/mol. The zero-order chi connectivity index (χ0) is 15.0. The van der Waals surface area contributed by atoms with Crippen LogP contribution in [0, 0.1) is 20.8 Å². The Balaban J connectivity index is 1.93. The first kappa shape index (κ1) is 13.2. The van der Waals surface area contributed by atoms with E-state index in [4.69, 9.17) is 4.52 Å². The fourth-order valence-electron chi connectivity index (χ4n) is 1.99. The van der Waals surface area contributed by atoms with Gasteiger partial charge in [-0.15, -0.1) is 0 Å². The Bertz CT molecular complexity index is 839. The maximum atomic E-state index is 12.2. The zero-order valence-corrected chi connectivity index (χ0v) is 12.0. The molecule has 0 aliphatic heterocycles. The Hall–Kier alpha value is -2.76. The molecule has 1 N–H and O–H groups in total. The fraction of sp³-hybridized carbons (Fsp3) is 0.200. The molecule has 21 heavy (non-hydrogen) atoms. The van der Waals surface area contributed by atoms with Gasteiger partial charge in [-0.2, -0.15) is 0 Å². The molecule has 0 bridgehead atoms. The molecule has 2 aromatic heterocycles. The van der Waals surface area contributed by atoms with E-state index in [-0.39, 0.29) is 5.91 Å². The normalized spacial score (nSPS) is 10.8. The van der Waals surface area contributed by atoms with Crippen LogP contribution in [-0.2, 0) is 0 Å². The minimum Gasteiger partial charge on any atom is -0.360 e. The van der Waals surface area contributed by atoms with Crippen LogP contribution in [0.3, 0.4) is 0 Å². The first-order chi connectivity index (χ1) is 10.0. The molecule has 0 fully saturated rings. The number of amides is 1. The third-order valence-corrected chi connectivity index (χ3v) is 3.21. The number of anilines is 1. The van der Waals surface area contributed by atoms with Gasteiger partial charge in [0.25, 0.3) is 5.91 Å². The number of nitrogens with one attached hydrogen (secondary N) is 1. The Morgan fingerprint density at radius 3 is 2.43 bits per heavy atom. The highest BCUT2D eigenvalue weighted by molar-refractivity contribution is 6.05. The van der Waals surface area contributed by atoms with E-state index in [1.807, 2.05) is 13.8 Å². The van der Waals surface area contributed by atoms with Crippen molar-refractivity contribution in [2.75, 3.05) is 5.32 Å². The van der Waals surface area contributed by atoms with Gasteiger partial charge in [-0.3, -0.25) is 4.79 Å². The van der Waals surface area contributed by atoms with Crippen LogP contribution >= 0.6 is 0 Å². The predicted molar refractivity (Wildman–Crippen MR) is 78.2 cm³/mol. The number of benzene rings is 1.